The zero-order chi connectivity index (χ0) is 11.0. The van der Waals surface area contributed by atoms with E-state index in [0.29, 0.717) is 16.5 Å². The van der Waals surface area contributed by atoms with E-state index in [1.165, 1.54) is 6.07 Å². The van der Waals surface area contributed by atoms with Gasteiger partial charge in [-0.1, -0.05) is 19.1 Å². The lowest BCUT2D eigenvalue weighted by Crippen LogP contribution is -1.97. The number of carbonyl (C=O) groups is 1. The van der Waals surface area contributed by atoms with Crippen molar-refractivity contribution >= 4 is 17.2 Å². The summed E-state index contributed by atoms with van der Waals surface area (Å²) in [6.07, 6.45) is 1.53. The van der Waals surface area contributed by atoms with Crippen LogP contribution in [0.4, 0.5) is 4.39 Å². The molecule has 0 atom stereocenters. The molecule has 2 aromatic rings. The molecule has 0 aliphatic rings. The van der Waals surface area contributed by atoms with Crippen molar-refractivity contribution in [1.82, 2.24) is 4.57 Å². The Morgan fingerprint density at radius 3 is 2.80 bits per heavy atom. The molecule has 0 unspecified atom stereocenters. The summed E-state index contributed by atoms with van der Waals surface area (Å²) in [6, 6.07) is 4.82. The predicted molar refractivity (Wildman–Crippen MR) is 57.6 cm³/mol. The van der Waals surface area contributed by atoms with E-state index < -0.39 is 0 Å². The molecule has 0 spiro atoms. The first-order valence-electron chi connectivity index (χ1n) is 4.91. The fourth-order valence-corrected chi connectivity index (χ4v) is 2.10. The Labute approximate surface area is 87.3 Å². The number of nitrogens with zero attached hydrogens (tertiary/aromatic N) is 1. The number of para-hydroxylation sites is 1. The van der Waals surface area contributed by atoms with Crippen LogP contribution >= 0.6 is 0 Å². The van der Waals surface area contributed by atoms with E-state index in [0.717, 1.165) is 18.4 Å². The van der Waals surface area contributed by atoms with Crippen LogP contribution in [0.3, 0.4) is 0 Å². The molecule has 1 aromatic heterocycles. The van der Waals surface area contributed by atoms with E-state index >= 15 is 0 Å². The molecule has 3 heteroatoms. The topological polar surface area (TPSA) is 22.0 Å². The van der Waals surface area contributed by atoms with E-state index in [1.807, 2.05) is 6.92 Å². The molecule has 78 valence electrons. The maximum Gasteiger partial charge on any atom is 0.152 e. The lowest BCUT2D eigenvalue weighted by molar-refractivity contribution is 0.112. The van der Waals surface area contributed by atoms with Gasteiger partial charge in [0.25, 0.3) is 0 Å². The van der Waals surface area contributed by atoms with Crippen LogP contribution < -0.4 is 0 Å². The normalized spacial score (nSPS) is 10.9. The highest BCUT2D eigenvalue weighted by molar-refractivity contribution is 5.99. The monoisotopic (exact) mass is 205 g/mol. The molecule has 0 aliphatic carbocycles. The molecule has 0 fully saturated rings. The number of hydrogen-bond donors (Lipinski definition) is 0. The minimum atomic E-state index is -0.280. The summed E-state index contributed by atoms with van der Waals surface area (Å²) in [4.78, 5) is 11.0. The third kappa shape index (κ3) is 1.27. The number of halogens is 1. The van der Waals surface area contributed by atoms with Crippen molar-refractivity contribution in [1.29, 1.82) is 0 Å². The van der Waals surface area contributed by atoms with Gasteiger partial charge in [-0.2, -0.15) is 0 Å². The van der Waals surface area contributed by atoms with Crippen molar-refractivity contribution in [3.63, 3.8) is 0 Å². The summed E-state index contributed by atoms with van der Waals surface area (Å²) < 4.78 is 15.3. The van der Waals surface area contributed by atoms with Gasteiger partial charge in [-0.25, -0.2) is 4.39 Å². The number of fused-ring (bicyclic) bond motifs is 1. The van der Waals surface area contributed by atoms with Gasteiger partial charge in [-0.15, -0.1) is 0 Å². The van der Waals surface area contributed by atoms with Crippen LogP contribution in [0.25, 0.3) is 10.9 Å². The maximum absolute atomic E-state index is 13.6. The number of rotatable bonds is 2. The van der Waals surface area contributed by atoms with Crippen LogP contribution in [0.5, 0.6) is 0 Å². The highest BCUT2D eigenvalue weighted by Gasteiger charge is 2.15. The SMILES string of the molecule is CCc1c(C=O)c2cccc(F)c2n1C. The van der Waals surface area contributed by atoms with Gasteiger partial charge in [0.15, 0.2) is 6.29 Å². The summed E-state index contributed by atoms with van der Waals surface area (Å²) >= 11 is 0. The second kappa shape index (κ2) is 3.50. The summed E-state index contributed by atoms with van der Waals surface area (Å²) in [6.45, 7) is 1.96. The zero-order valence-electron chi connectivity index (χ0n) is 8.75. The molecule has 15 heavy (non-hydrogen) atoms. The Kier molecular flexibility index (Phi) is 2.31. The van der Waals surface area contributed by atoms with Gasteiger partial charge in [0, 0.05) is 23.7 Å². The van der Waals surface area contributed by atoms with Crippen molar-refractivity contribution < 1.29 is 9.18 Å². The van der Waals surface area contributed by atoms with E-state index in [4.69, 9.17) is 0 Å². The van der Waals surface area contributed by atoms with Crippen LogP contribution in [0.15, 0.2) is 18.2 Å². The molecule has 1 heterocycles. The third-order valence-corrected chi connectivity index (χ3v) is 2.78. The van der Waals surface area contributed by atoms with Gasteiger partial charge in [0.05, 0.1) is 5.52 Å². The van der Waals surface area contributed by atoms with E-state index in [1.54, 1.807) is 23.7 Å². The smallest absolute Gasteiger partial charge is 0.152 e. The molecule has 0 bridgehead atoms. The Bertz CT molecular complexity index is 528. The largest absolute Gasteiger partial charge is 0.345 e. The number of aromatic nitrogens is 1. The van der Waals surface area contributed by atoms with Crippen molar-refractivity contribution in [3.05, 3.63) is 35.3 Å². The maximum atomic E-state index is 13.6. The average molecular weight is 205 g/mol. The molecule has 0 N–H and O–H groups in total. The molecule has 2 nitrogen and oxygen atoms in total. The molecule has 1 aromatic carbocycles. The number of aldehydes is 1. The predicted octanol–water partition coefficient (Wildman–Crippen LogP) is 2.69. The van der Waals surface area contributed by atoms with Gasteiger partial charge >= 0.3 is 0 Å². The van der Waals surface area contributed by atoms with Crippen LogP contribution in [-0.4, -0.2) is 10.9 Å². The fraction of sp³-hybridized carbons (Fsp3) is 0.250. The van der Waals surface area contributed by atoms with E-state index in [2.05, 4.69) is 0 Å². The highest BCUT2D eigenvalue weighted by atomic mass is 19.1. The fourth-order valence-electron chi connectivity index (χ4n) is 2.10. The highest BCUT2D eigenvalue weighted by Crippen LogP contribution is 2.26. The van der Waals surface area contributed by atoms with Gasteiger partial charge in [-0.05, 0) is 12.5 Å². The zero-order valence-corrected chi connectivity index (χ0v) is 8.75. The third-order valence-electron chi connectivity index (χ3n) is 2.78. The summed E-state index contributed by atoms with van der Waals surface area (Å²) in [5, 5.41) is 0.698. The van der Waals surface area contributed by atoms with Gasteiger partial charge in [-0.3, -0.25) is 4.79 Å². The van der Waals surface area contributed by atoms with Crippen LogP contribution in [0.1, 0.15) is 23.0 Å². The molecule has 0 radical (unpaired) electrons. The second-order valence-electron chi connectivity index (χ2n) is 3.53. The van der Waals surface area contributed by atoms with Crippen molar-refractivity contribution in [2.45, 2.75) is 13.3 Å². The second-order valence-corrected chi connectivity index (χ2v) is 3.53. The Hall–Kier alpha value is -1.64. The summed E-state index contributed by atoms with van der Waals surface area (Å²) in [7, 11) is 1.79. The van der Waals surface area contributed by atoms with Crippen LogP contribution in [0.2, 0.25) is 0 Å². The first-order chi connectivity index (χ1) is 7.20. The Morgan fingerprint density at radius 2 is 2.20 bits per heavy atom. The molecular weight excluding hydrogens is 193 g/mol. The summed E-state index contributed by atoms with van der Waals surface area (Å²) in [5.41, 5.74) is 2.00. The number of hydrogen-bond acceptors (Lipinski definition) is 1. The standard InChI is InChI=1S/C12H12FNO/c1-3-11-9(7-15)8-5-4-6-10(13)12(8)14(11)2/h4-7H,3H2,1-2H3. The van der Waals surface area contributed by atoms with Crippen LogP contribution in [0, 0.1) is 5.82 Å². The molecule has 0 saturated heterocycles. The lowest BCUT2D eigenvalue weighted by atomic mass is 10.1. The first-order valence-corrected chi connectivity index (χ1v) is 4.91. The lowest BCUT2D eigenvalue weighted by Gasteiger charge is -2.01. The average Bonchev–Trinajstić information content (AvgIpc) is 2.52. The molecule has 0 aliphatic heterocycles. The molecule has 0 amide bonds. The van der Waals surface area contributed by atoms with Crippen molar-refractivity contribution in [2.75, 3.05) is 0 Å². The van der Waals surface area contributed by atoms with Crippen LogP contribution in [-0.2, 0) is 13.5 Å². The Balaban J connectivity index is 2.97. The molecule has 2 rings (SSSR count). The minimum Gasteiger partial charge on any atom is -0.345 e. The number of aryl methyl sites for hydroxylation is 1. The Morgan fingerprint density at radius 1 is 1.47 bits per heavy atom. The van der Waals surface area contributed by atoms with Gasteiger partial charge in [0.2, 0.25) is 0 Å². The van der Waals surface area contributed by atoms with Crippen molar-refractivity contribution in [2.24, 2.45) is 7.05 Å². The van der Waals surface area contributed by atoms with E-state index in [-0.39, 0.29) is 5.82 Å². The first kappa shape index (κ1) is 9.90. The molecular formula is C12H12FNO. The minimum absolute atomic E-state index is 0.280. The van der Waals surface area contributed by atoms with Gasteiger partial charge in [0.1, 0.15) is 5.82 Å². The van der Waals surface area contributed by atoms with Gasteiger partial charge < -0.3 is 4.57 Å². The number of carbonyl (C=O) groups excluding carboxylic acids is 1. The molecule has 0 saturated carbocycles. The summed E-state index contributed by atoms with van der Waals surface area (Å²) in [5.74, 6) is -0.280. The van der Waals surface area contributed by atoms with E-state index in [9.17, 15) is 9.18 Å². The number of benzene rings is 1. The van der Waals surface area contributed by atoms with Crippen molar-refractivity contribution in [3.8, 4) is 0 Å². The quantitative estimate of drug-likeness (QED) is 0.691.